The molecule has 0 radical (unpaired) electrons. The minimum Gasteiger partial charge on any atom is -0.196 e. The molecule has 0 unspecified atom stereocenters. The molecule has 0 heterocycles. The van der Waals surface area contributed by atoms with E-state index in [-0.39, 0.29) is 5.43 Å². The Labute approximate surface area is 204 Å². The molecular weight excluding hydrogens is 468 g/mol. The first kappa shape index (κ1) is 25.8. The molecule has 0 fully saturated rings. The first-order valence-electron chi connectivity index (χ1n) is 11.0. The average molecular weight is 504 g/mol. The third-order valence-electron chi connectivity index (χ3n) is 5.99. The summed E-state index contributed by atoms with van der Waals surface area (Å²) in [5.74, 6) is 0. The Balaban J connectivity index is 0.000000220. The summed E-state index contributed by atoms with van der Waals surface area (Å²) < 4.78 is 0. The van der Waals surface area contributed by atoms with E-state index >= 15 is 0 Å². The number of aryl methyl sites for hydroxylation is 5. The summed E-state index contributed by atoms with van der Waals surface area (Å²) in [5, 5.41) is 2.67. The van der Waals surface area contributed by atoms with Crippen LogP contribution in [0, 0.1) is 48.5 Å². The monoisotopic (exact) mass is 502 g/mol. The minimum absolute atomic E-state index is 0.210. The van der Waals surface area contributed by atoms with Gasteiger partial charge < -0.3 is 0 Å². The zero-order valence-electron chi connectivity index (χ0n) is 20.7. The normalized spacial score (nSPS) is 10.3. The summed E-state index contributed by atoms with van der Waals surface area (Å²) in [6.07, 6.45) is 0. The van der Waals surface area contributed by atoms with Crippen molar-refractivity contribution in [3.05, 3.63) is 93.5 Å². The SMILES string of the molecule is C[Si](C)=[Zr+2].Cc1[cH-]c(C)c(C)c1C.Cc1cc(C)c(-c2c[cH-]c3ccccc23)cc1C. The van der Waals surface area contributed by atoms with Gasteiger partial charge in [0.15, 0.2) is 0 Å². The molecule has 0 aliphatic rings. The average Bonchev–Trinajstić information content (AvgIpc) is 3.22. The first-order chi connectivity index (χ1) is 14.5. The van der Waals surface area contributed by atoms with E-state index < -0.39 is 0 Å². The number of rotatable bonds is 1. The maximum absolute atomic E-state index is 2.31. The van der Waals surface area contributed by atoms with E-state index in [1.165, 1.54) is 60.8 Å². The molecule has 0 aliphatic carbocycles. The second kappa shape index (κ2) is 11.4. The molecule has 4 rings (SSSR count). The first-order valence-corrected chi connectivity index (χ1v) is 17.2. The molecule has 0 amide bonds. The Kier molecular flexibility index (Phi) is 9.46. The molecule has 4 aromatic rings. The fraction of sp³-hybridized carbons (Fsp3) is 0.310. The summed E-state index contributed by atoms with van der Waals surface area (Å²) in [6.45, 7) is 19.9. The van der Waals surface area contributed by atoms with E-state index in [0.29, 0.717) is 0 Å². The van der Waals surface area contributed by atoms with Crippen LogP contribution in [0.4, 0.5) is 0 Å². The number of hydrogen-bond donors (Lipinski definition) is 0. The third-order valence-corrected chi connectivity index (χ3v) is 5.99. The predicted octanol–water partition coefficient (Wildman–Crippen LogP) is 8.57. The summed E-state index contributed by atoms with van der Waals surface area (Å²) in [4.78, 5) is 0. The van der Waals surface area contributed by atoms with Crippen molar-refractivity contribution in [2.24, 2.45) is 0 Å². The maximum Gasteiger partial charge on any atom is -0.0395 e. The molecule has 0 atom stereocenters. The molecule has 0 nitrogen and oxygen atoms in total. The van der Waals surface area contributed by atoms with E-state index in [0.717, 1.165) is 0 Å². The zero-order valence-corrected chi connectivity index (χ0v) is 24.2. The van der Waals surface area contributed by atoms with Gasteiger partial charge in [-0.05, 0) is 31.9 Å². The molecule has 0 saturated heterocycles. The van der Waals surface area contributed by atoms with Crippen LogP contribution in [0.2, 0.25) is 13.1 Å². The molecule has 0 N–H and O–H groups in total. The number of hydrogen-bond acceptors (Lipinski definition) is 0. The summed E-state index contributed by atoms with van der Waals surface area (Å²) >= 11 is 1.74. The van der Waals surface area contributed by atoms with E-state index in [9.17, 15) is 0 Å². The molecule has 0 saturated carbocycles. The van der Waals surface area contributed by atoms with Crippen molar-refractivity contribution in [2.75, 3.05) is 0 Å². The van der Waals surface area contributed by atoms with Crippen LogP contribution in [0.3, 0.4) is 0 Å². The Morgan fingerprint density at radius 2 is 1.23 bits per heavy atom. The minimum atomic E-state index is 0.210. The van der Waals surface area contributed by atoms with Gasteiger partial charge in [0.25, 0.3) is 0 Å². The molecule has 0 bridgehead atoms. The molecule has 160 valence electrons. The molecular formula is C29H36SiZr. The maximum atomic E-state index is 2.31. The van der Waals surface area contributed by atoms with Crippen LogP contribution < -0.4 is 0 Å². The quantitative estimate of drug-likeness (QED) is 0.180. The van der Waals surface area contributed by atoms with Crippen molar-refractivity contribution in [1.29, 1.82) is 0 Å². The van der Waals surface area contributed by atoms with Gasteiger partial charge in [0.2, 0.25) is 0 Å². The standard InChI is InChI=1S/C18H17.C9H13.C2H6Si.Zr/c1-12-10-14(3)18(11-13(12)2)17-9-8-15-6-4-5-7-16(15)17;1-6-5-7(2)9(4)8(6)3;1-3-2;/h4-11H,1-3H3;5H,1-4H3;1-2H3;/q2*-1;;+2. The van der Waals surface area contributed by atoms with Crippen LogP contribution in [0.25, 0.3) is 21.9 Å². The van der Waals surface area contributed by atoms with Gasteiger partial charge in [-0.25, -0.2) is 0 Å². The topological polar surface area (TPSA) is 0 Å². The zero-order chi connectivity index (χ0) is 23.3. The van der Waals surface area contributed by atoms with Gasteiger partial charge in [-0.2, -0.15) is 28.3 Å². The van der Waals surface area contributed by atoms with Gasteiger partial charge in [-0.3, -0.25) is 0 Å². The molecule has 0 aliphatic heterocycles. The van der Waals surface area contributed by atoms with Crippen molar-refractivity contribution < 1.29 is 23.3 Å². The van der Waals surface area contributed by atoms with Crippen LogP contribution in [-0.2, 0) is 23.3 Å². The number of benzene rings is 2. The summed E-state index contributed by atoms with van der Waals surface area (Å²) in [6, 6.07) is 19.9. The molecule has 4 aromatic carbocycles. The van der Waals surface area contributed by atoms with Crippen molar-refractivity contribution in [1.82, 2.24) is 0 Å². The van der Waals surface area contributed by atoms with Crippen molar-refractivity contribution >= 4 is 16.2 Å². The summed E-state index contributed by atoms with van der Waals surface area (Å²) in [5.41, 5.74) is 12.8. The van der Waals surface area contributed by atoms with Gasteiger partial charge in [-0.15, -0.1) is 46.7 Å². The van der Waals surface area contributed by atoms with Gasteiger partial charge in [0.1, 0.15) is 0 Å². The largest absolute Gasteiger partial charge is 0.196 e. The van der Waals surface area contributed by atoms with E-state index in [1.807, 2.05) is 0 Å². The van der Waals surface area contributed by atoms with Crippen LogP contribution in [0.1, 0.15) is 38.9 Å². The Morgan fingerprint density at radius 3 is 1.74 bits per heavy atom. The van der Waals surface area contributed by atoms with Crippen LogP contribution >= 0.6 is 0 Å². The molecule has 0 aromatic heterocycles. The van der Waals surface area contributed by atoms with Gasteiger partial charge >= 0.3 is 41.9 Å². The van der Waals surface area contributed by atoms with Crippen LogP contribution in [0.5, 0.6) is 0 Å². The van der Waals surface area contributed by atoms with E-state index in [4.69, 9.17) is 0 Å². The fourth-order valence-corrected chi connectivity index (χ4v) is 3.77. The predicted molar refractivity (Wildman–Crippen MR) is 138 cm³/mol. The fourth-order valence-electron chi connectivity index (χ4n) is 3.77. The Bertz CT molecular complexity index is 1160. The van der Waals surface area contributed by atoms with E-state index in [1.54, 1.807) is 23.3 Å². The molecule has 2 heteroatoms. The smallest absolute Gasteiger partial charge is 0.0395 e. The van der Waals surface area contributed by atoms with Gasteiger partial charge in [-0.1, -0.05) is 57.0 Å². The molecule has 0 spiro atoms. The van der Waals surface area contributed by atoms with Gasteiger partial charge in [0, 0.05) is 0 Å². The Morgan fingerprint density at radius 1 is 0.710 bits per heavy atom. The second-order valence-electron chi connectivity index (χ2n) is 8.85. The van der Waals surface area contributed by atoms with Crippen molar-refractivity contribution in [2.45, 2.75) is 61.6 Å². The van der Waals surface area contributed by atoms with Crippen molar-refractivity contribution in [3.8, 4) is 11.1 Å². The van der Waals surface area contributed by atoms with Crippen molar-refractivity contribution in [3.63, 3.8) is 0 Å². The Hall–Kier alpha value is -1.50. The van der Waals surface area contributed by atoms with Crippen LogP contribution in [0.15, 0.2) is 54.6 Å². The molecule has 31 heavy (non-hydrogen) atoms. The third kappa shape index (κ3) is 6.74. The van der Waals surface area contributed by atoms with Gasteiger partial charge in [0.05, 0.1) is 0 Å². The van der Waals surface area contributed by atoms with E-state index in [2.05, 4.69) is 116 Å². The summed E-state index contributed by atoms with van der Waals surface area (Å²) in [7, 11) is 0. The number of fused-ring (bicyclic) bond motifs is 1. The second-order valence-corrected chi connectivity index (χ2v) is 18.2. The van der Waals surface area contributed by atoms with Crippen LogP contribution in [-0.4, -0.2) is 5.43 Å².